The summed E-state index contributed by atoms with van der Waals surface area (Å²) in [7, 11) is -3.97. The molecular weight excluding hydrogens is 430 g/mol. The highest BCUT2D eigenvalue weighted by Gasteiger charge is 2.27. The Kier molecular flexibility index (Phi) is 6.68. The average molecular weight is 448 g/mol. The van der Waals surface area contributed by atoms with Gasteiger partial charge in [-0.2, -0.15) is 5.10 Å². The summed E-state index contributed by atoms with van der Waals surface area (Å²) in [6.07, 6.45) is 1.50. The first-order valence-electron chi connectivity index (χ1n) is 8.56. The van der Waals surface area contributed by atoms with E-state index >= 15 is 0 Å². The quantitative estimate of drug-likeness (QED) is 0.438. The predicted molar refractivity (Wildman–Crippen MR) is 117 cm³/mol. The molecule has 1 aromatic heterocycles. The zero-order chi connectivity index (χ0) is 20.9. The highest BCUT2D eigenvalue weighted by atomic mass is 35.5. The summed E-state index contributed by atoms with van der Waals surface area (Å²) in [6, 6.07) is 16.4. The number of nitrogens with zero attached hydrogens (tertiary/aromatic N) is 2. The van der Waals surface area contributed by atoms with Crippen molar-refractivity contribution in [2.45, 2.75) is 11.8 Å². The SMILES string of the molecule is Cc1ccc(S(=O)(=O)N(CC(=O)N/N=C\c2cccs2)c2ccc(Cl)cc2)cc1. The molecular formula is C20H18ClN3O3S2. The molecule has 0 bridgehead atoms. The van der Waals surface area contributed by atoms with Crippen molar-refractivity contribution in [1.82, 2.24) is 5.43 Å². The molecule has 2 aromatic carbocycles. The largest absolute Gasteiger partial charge is 0.271 e. The molecule has 1 amide bonds. The van der Waals surface area contributed by atoms with Gasteiger partial charge >= 0.3 is 0 Å². The molecule has 0 aliphatic heterocycles. The van der Waals surface area contributed by atoms with E-state index in [4.69, 9.17) is 11.6 Å². The minimum Gasteiger partial charge on any atom is -0.271 e. The number of benzene rings is 2. The number of anilines is 1. The van der Waals surface area contributed by atoms with Gasteiger partial charge in [-0.05, 0) is 54.8 Å². The molecule has 3 rings (SSSR count). The van der Waals surface area contributed by atoms with Crippen molar-refractivity contribution in [2.24, 2.45) is 5.10 Å². The Balaban J connectivity index is 1.85. The van der Waals surface area contributed by atoms with Crippen LogP contribution in [-0.2, 0) is 14.8 Å². The first kappa shape index (κ1) is 21.0. The van der Waals surface area contributed by atoms with Gasteiger partial charge in [0.25, 0.3) is 15.9 Å². The zero-order valence-corrected chi connectivity index (χ0v) is 17.8. The van der Waals surface area contributed by atoms with E-state index in [1.807, 2.05) is 24.4 Å². The van der Waals surface area contributed by atoms with Crippen LogP contribution >= 0.6 is 22.9 Å². The van der Waals surface area contributed by atoms with Crippen LogP contribution in [0.2, 0.25) is 5.02 Å². The number of carbonyl (C=O) groups excluding carboxylic acids is 1. The third kappa shape index (κ3) is 5.44. The van der Waals surface area contributed by atoms with Crippen molar-refractivity contribution in [3.63, 3.8) is 0 Å². The zero-order valence-electron chi connectivity index (χ0n) is 15.4. The summed E-state index contributed by atoms with van der Waals surface area (Å²) < 4.78 is 27.4. The van der Waals surface area contributed by atoms with Gasteiger partial charge in [0.05, 0.1) is 16.8 Å². The van der Waals surface area contributed by atoms with Crippen molar-refractivity contribution in [3.05, 3.63) is 81.5 Å². The molecule has 0 aliphatic carbocycles. The first-order chi connectivity index (χ1) is 13.9. The number of hydrazone groups is 1. The van der Waals surface area contributed by atoms with Crippen LogP contribution in [0.25, 0.3) is 0 Å². The average Bonchev–Trinajstić information content (AvgIpc) is 3.21. The molecule has 0 fully saturated rings. The van der Waals surface area contributed by atoms with Gasteiger partial charge in [-0.25, -0.2) is 13.8 Å². The van der Waals surface area contributed by atoms with Gasteiger partial charge in [-0.1, -0.05) is 35.4 Å². The first-order valence-corrected chi connectivity index (χ1v) is 11.3. The Morgan fingerprint density at radius 3 is 2.45 bits per heavy atom. The Morgan fingerprint density at radius 2 is 1.83 bits per heavy atom. The van der Waals surface area contributed by atoms with E-state index in [9.17, 15) is 13.2 Å². The predicted octanol–water partition coefficient (Wildman–Crippen LogP) is 4.06. The van der Waals surface area contributed by atoms with Gasteiger partial charge in [0.1, 0.15) is 6.54 Å². The van der Waals surface area contributed by atoms with Gasteiger partial charge < -0.3 is 0 Å². The molecule has 1 N–H and O–H groups in total. The van der Waals surface area contributed by atoms with Crippen molar-refractivity contribution >= 4 is 50.8 Å². The molecule has 29 heavy (non-hydrogen) atoms. The highest BCUT2D eigenvalue weighted by Crippen LogP contribution is 2.25. The monoisotopic (exact) mass is 447 g/mol. The molecule has 3 aromatic rings. The van der Waals surface area contributed by atoms with E-state index in [1.165, 1.54) is 29.7 Å². The number of sulfonamides is 1. The summed E-state index contributed by atoms with van der Waals surface area (Å²) in [5.74, 6) is -0.566. The lowest BCUT2D eigenvalue weighted by Crippen LogP contribution is -2.39. The standard InChI is InChI=1S/C20H18ClN3O3S2/c1-15-4-10-19(11-5-15)29(26,27)24(17-8-6-16(21)7-9-17)14-20(25)23-22-13-18-3-2-12-28-18/h2-13H,14H2,1H3,(H,23,25)/b22-13-. The minimum absolute atomic E-state index is 0.0907. The summed E-state index contributed by atoms with van der Waals surface area (Å²) >= 11 is 7.39. The number of hydrogen-bond acceptors (Lipinski definition) is 5. The lowest BCUT2D eigenvalue weighted by atomic mass is 10.2. The third-order valence-electron chi connectivity index (χ3n) is 3.94. The number of halogens is 1. The van der Waals surface area contributed by atoms with Crippen molar-refractivity contribution in [3.8, 4) is 0 Å². The van der Waals surface area contributed by atoms with Crippen LogP contribution in [0, 0.1) is 6.92 Å². The van der Waals surface area contributed by atoms with Crippen LogP contribution in [0.15, 0.2) is 76.0 Å². The Bertz CT molecular complexity index is 1090. The second kappa shape index (κ2) is 9.21. The van der Waals surface area contributed by atoms with Crippen LogP contribution in [0.3, 0.4) is 0 Å². The van der Waals surface area contributed by atoms with Gasteiger partial charge in [0.15, 0.2) is 0 Å². The molecule has 0 aliphatic rings. The number of nitrogens with one attached hydrogen (secondary N) is 1. The topological polar surface area (TPSA) is 78.8 Å². The molecule has 0 saturated carbocycles. The summed E-state index contributed by atoms with van der Waals surface area (Å²) in [4.78, 5) is 13.4. The number of aryl methyl sites for hydroxylation is 1. The molecule has 1 heterocycles. The Labute approximate surface area is 178 Å². The molecule has 0 saturated heterocycles. The molecule has 0 radical (unpaired) electrons. The van der Waals surface area contributed by atoms with Crippen molar-refractivity contribution < 1.29 is 13.2 Å². The highest BCUT2D eigenvalue weighted by molar-refractivity contribution is 7.92. The molecule has 150 valence electrons. The van der Waals surface area contributed by atoms with E-state index in [2.05, 4.69) is 10.5 Å². The van der Waals surface area contributed by atoms with Gasteiger partial charge in [-0.3, -0.25) is 9.10 Å². The maximum Gasteiger partial charge on any atom is 0.264 e. The van der Waals surface area contributed by atoms with Crippen LogP contribution in [0.4, 0.5) is 5.69 Å². The summed E-state index contributed by atoms with van der Waals surface area (Å²) in [5, 5.41) is 6.24. The number of carbonyl (C=O) groups is 1. The van der Waals surface area contributed by atoms with Crippen LogP contribution in [-0.4, -0.2) is 27.1 Å². The Hall–Kier alpha value is -2.68. The molecule has 6 nitrogen and oxygen atoms in total. The van der Waals surface area contributed by atoms with Crippen molar-refractivity contribution in [2.75, 3.05) is 10.8 Å². The third-order valence-corrected chi connectivity index (χ3v) is 6.78. The summed E-state index contributed by atoms with van der Waals surface area (Å²) in [6.45, 7) is 1.44. The maximum atomic E-state index is 13.2. The Morgan fingerprint density at radius 1 is 1.14 bits per heavy atom. The van der Waals surface area contributed by atoms with E-state index in [0.717, 1.165) is 14.7 Å². The van der Waals surface area contributed by atoms with Crippen LogP contribution < -0.4 is 9.73 Å². The lowest BCUT2D eigenvalue weighted by Gasteiger charge is -2.23. The molecule has 0 unspecified atom stereocenters. The second-order valence-corrected chi connectivity index (χ2v) is 9.39. The minimum atomic E-state index is -3.97. The van der Waals surface area contributed by atoms with Crippen LogP contribution in [0.1, 0.15) is 10.4 Å². The smallest absolute Gasteiger partial charge is 0.264 e. The van der Waals surface area contributed by atoms with E-state index in [1.54, 1.807) is 36.4 Å². The number of amides is 1. The normalized spacial score (nSPS) is 11.5. The fourth-order valence-electron chi connectivity index (χ4n) is 2.46. The second-order valence-electron chi connectivity index (χ2n) is 6.11. The van der Waals surface area contributed by atoms with E-state index in [-0.39, 0.29) is 4.90 Å². The van der Waals surface area contributed by atoms with Gasteiger partial charge in [0.2, 0.25) is 0 Å². The summed E-state index contributed by atoms with van der Waals surface area (Å²) in [5.41, 5.74) is 3.63. The van der Waals surface area contributed by atoms with E-state index < -0.39 is 22.5 Å². The van der Waals surface area contributed by atoms with Crippen LogP contribution in [0.5, 0.6) is 0 Å². The number of thiophene rings is 1. The fraction of sp³-hybridized carbons (Fsp3) is 0.100. The molecule has 0 spiro atoms. The number of rotatable bonds is 7. The van der Waals surface area contributed by atoms with Crippen molar-refractivity contribution in [1.29, 1.82) is 0 Å². The molecule has 0 atom stereocenters. The molecule has 9 heteroatoms. The lowest BCUT2D eigenvalue weighted by molar-refractivity contribution is -0.119. The van der Waals surface area contributed by atoms with E-state index in [0.29, 0.717) is 10.7 Å². The fourth-order valence-corrected chi connectivity index (χ4v) is 4.59. The van der Waals surface area contributed by atoms with Gasteiger partial charge in [-0.15, -0.1) is 11.3 Å². The maximum absolute atomic E-state index is 13.2. The number of hydrogen-bond donors (Lipinski definition) is 1. The van der Waals surface area contributed by atoms with Gasteiger partial charge in [0, 0.05) is 9.90 Å².